The first kappa shape index (κ1) is 16.5. The van der Waals surface area contributed by atoms with Gasteiger partial charge in [-0.15, -0.1) is 0 Å². The van der Waals surface area contributed by atoms with Crippen LogP contribution in [0.2, 0.25) is 0 Å². The van der Waals surface area contributed by atoms with Crippen molar-refractivity contribution in [1.29, 1.82) is 0 Å². The maximum Gasteiger partial charge on any atom is 0.313 e. The Morgan fingerprint density at radius 1 is 1.14 bits per heavy atom. The molecule has 2 aliphatic rings. The lowest BCUT2D eigenvalue weighted by Gasteiger charge is -2.41. The van der Waals surface area contributed by atoms with Gasteiger partial charge in [0.2, 0.25) is 0 Å². The predicted octanol–water partition coefficient (Wildman–Crippen LogP) is 2.94. The van der Waals surface area contributed by atoms with E-state index in [2.05, 4.69) is 4.90 Å². The number of esters is 1. The molecule has 1 saturated heterocycles. The number of hydrogen-bond donors (Lipinski definition) is 0. The number of likely N-dealkylation sites (tertiary alicyclic amines) is 1. The summed E-state index contributed by atoms with van der Waals surface area (Å²) in [6.45, 7) is 8.14. The Balaban J connectivity index is 2.05. The number of hydrogen-bond acceptors (Lipinski definition) is 4. The smallest absolute Gasteiger partial charge is 0.313 e. The largest absolute Gasteiger partial charge is 0.460 e. The molecule has 120 valence electrons. The van der Waals surface area contributed by atoms with Crippen LogP contribution < -0.4 is 0 Å². The second kappa shape index (κ2) is 6.47. The van der Waals surface area contributed by atoms with Crippen molar-refractivity contribution in [1.82, 2.24) is 4.90 Å². The summed E-state index contributed by atoms with van der Waals surface area (Å²) in [5, 5.41) is 0. The van der Waals surface area contributed by atoms with Crippen LogP contribution in [0.5, 0.6) is 0 Å². The van der Waals surface area contributed by atoms with E-state index in [1.807, 2.05) is 20.8 Å². The molecule has 0 atom stereocenters. The Morgan fingerprint density at radius 2 is 1.71 bits per heavy atom. The van der Waals surface area contributed by atoms with E-state index < -0.39 is 5.60 Å². The van der Waals surface area contributed by atoms with Crippen LogP contribution in [0.3, 0.4) is 0 Å². The number of rotatable bonds is 3. The van der Waals surface area contributed by atoms with Crippen molar-refractivity contribution in [2.45, 2.75) is 71.3 Å². The summed E-state index contributed by atoms with van der Waals surface area (Å²) in [6.07, 6.45) is 6.52. The summed E-state index contributed by atoms with van der Waals surface area (Å²) in [5.41, 5.74) is -0.786. The Morgan fingerprint density at radius 3 is 2.24 bits per heavy atom. The van der Waals surface area contributed by atoms with E-state index in [9.17, 15) is 9.59 Å². The lowest BCUT2D eigenvalue weighted by molar-refractivity contribution is -0.171. The third kappa shape index (κ3) is 4.53. The monoisotopic (exact) mass is 295 g/mol. The molecule has 0 bridgehead atoms. The highest BCUT2D eigenvalue weighted by Crippen LogP contribution is 2.39. The summed E-state index contributed by atoms with van der Waals surface area (Å²) >= 11 is 0. The SMILES string of the molecule is CC(C)(C)OC(=O)C1(CN2CCC(=O)CC2)CCCCC1. The van der Waals surface area contributed by atoms with Gasteiger partial charge in [-0.05, 0) is 33.6 Å². The fraction of sp³-hybridized carbons (Fsp3) is 0.882. The highest BCUT2D eigenvalue weighted by molar-refractivity contribution is 5.80. The van der Waals surface area contributed by atoms with Gasteiger partial charge in [-0.3, -0.25) is 9.59 Å². The van der Waals surface area contributed by atoms with Crippen LogP contribution in [0.1, 0.15) is 65.7 Å². The minimum Gasteiger partial charge on any atom is -0.460 e. The Bertz CT molecular complexity index is 381. The molecular weight excluding hydrogens is 266 g/mol. The highest BCUT2D eigenvalue weighted by atomic mass is 16.6. The van der Waals surface area contributed by atoms with Crippen molar-refractivity contribution in [2.75, 3.05) is 19.6 Å². The third-order valence-corrected chi connectivity index (χ3v) is 4.58. The van der Waals surface area contributed by atoms with Crippen LogP contribution in [-0.4, -0.2) is 41.9 Å². The van der Waals surface area contributed by atoms with Crippen LogP contribution in [0.4, 0.5) is 0 Å². The molecule has 4 nitrogen and oxygen atoms in total. The van der Waals surface area contributed by atoms with Crippen LogP contribution in [0.25, 0.3) is 0 Å². The minimum atomic E-state index is -0.431. The molecule has 4 heteroatoms. The number of ketones is 1. The molecule has 2 rings (SSSR count). The number of nitrogens with zero attached hydrogens (tertiary/aromatic N) is 1. The minimum absolute atomic E-state index is 0.0356. The first-order valence-corrected chi connectivity index (χ1v) is 8.28. The summed E-state index contributed by atoms with van der Waals surface area (Å²) in [4.78, 5) is 26.4. The molecule has 1 aliphatic carbocycles. The van der Waals surface area contributed by atoms with E-state index >= 15 is 0 Å². The second-order valence-electron chi connectivity index (χ2n) is 7.66. The molecule has 1 heterocycles. The zero-order valence-corrected chi connectivity index (χ0v) is 13.7. The van der Waals surface area contributed by atoms with E-state index in [0.717, 1.165) is 45.3 Å². The predicted molar refractivity (Wildman–Crippen MR) is 82.0 cm³/mol. The zero-order valence-electron chi connectivity index (χ0n) is 13.7. The second-order valence-corrected chi connectivity index (χ2v) is 7.66. The maximum absolute atomic E-state index is 12.8. The average Bonchev–Trinajstić information content (AvgIpc) is 2.41. The van der Waals surface area contributed by atoms with Crippen molar-refractivity contribution in [3.8, 4) is 0 Å². The summed E-state index contributed by atoms with van der Waals surface area (Å²) in [6, 6.07) is 0. The lowest BCUT2D eigenvalue weighted by Crippen LogP contribution is -2.49. The average molecular weight is 295 g/mol. The summed E-state index contributed by atoms with van der Waals surface area (Å²) in [5.74, 6) is 0.313. The first-order chi connectivity index (χ1) is 9.81. The van der Waals surface area contributed by atoms with Crippen LogP contribution in [-0.2, 0) is 14.3 Å². The van der Waals surface area contributed by atoms with E-state index in [0.29, 0.717) is 18.6 Å². The van der Waals surface area contributed by atoms with Gasteiger partial charge in [-0.25, -0.2) is 0 Å². The summed E-state index contributed by atoms with van der Waals surface area (Å²) < 4.78 is 5.71. The van der Waals surface area contributed by atoms with Crippen LogP contribution in [0.15, 0.2) is 0 Å². The Hall–Kier alpha value is -0.900. The number of carbonyl (C=O) groups is 2. The number of Topliss-reactive ketones (excluding diaryl/α,β-unsaturated/α-hetero) is 1. The van der Waals surface area contributed by atoms with Crippen LogP contribution >= 0.6 is 0 Å². The number of carbonyl (C=O) groups excluding carboxylic acids is 2. The molecule has 0 radical (unpaired) electrons. The fourth-order valence-corrected chi connectivity index (χ4v) is 3.43. The van der Waals surface area contributed by atoms with E-state index in [1.165, 1.54) is 6.42 Å². The molecule has 2 fully saturated rings. The quantitative estimate of drug-likeness (QED) is 0.751. The number of ether oxygens (including phenoxy) is 1. The van der Waals surface area contributed by atoms with Crippen molar-refractivity contribution in [2.24, 2.45) is 5.41 Å². The zero-order chi connectivity index (χ0) is 15.5. The fourth-order valence-electron chi connectivity index (χ4n) is 3.43. The van der Waals surface area contributed by atoms with Gasteiger partial charge in [0.05, 0.1) is 5.41 Å². The molecule has 0 aromatic heterocycles. The van der Waals surface area contributed by atoms with Gasteiger partial charge >= 0.3 is 5.97 Å². The molecule has 0 unspecified atom stereocenters. The lowest BCUT2D eigenvalue weighted by atomic mass is 9.73. The molecule has 0 spiro atoms. The van der Waals surface area contributed by atoms with Gasteiger partial charge in [-0.1, -0.05) is 19.3 Å². The van der Waals surface area contributed by atoms with Crippen molar-refractivity contribution < 1.29 is 14.3 Å². The number of piperidine rings is 1. The van der Waals surface area contributed by atoms with Gasteiger partial charge < -0.3 is 9.64 Å². The van der Waals surface area contributed by atoms with E-state index in [-0.39, 0.29) is 11.4 Å². The molecule has 0 N–H and O–H groups in total. The van der Waals surface area contributed by atoms with Crippen molar-refractivity contribution in [3.63, 3.8) is 0 Å². The Kier molecular flexibility index (Phi) is 5.07. The topological polar surface area (TPSA) is 46.6 Å². The highest BCUT2D eigenvalue weighted by Gasteiger charge is 2.44. The van der Waals surface area contributed by atoms with Gasteiger partial charge in [-0.2, -0.15) is 0 Å². The normalized spacial score (nSPS) is 23.9. The molecule has 1 saturated carbocycles. The third-order valence-electron chi connectivity index (χ3n) is 4.58. The molecule has 21 heavy (non-hydrogen) atoms. The van der Waals surface area contributed by atoms with Gasteiger partial charge in [0.15, 0.2) is 0 Å². The van der Waals surface area contributed by atoms with Crippen molar-refractivity contribution in [3.05, 3.63) is 0 Å². The molecule has 0 amide bonds. The standard InChI is InChI=1S/C17H29NO3/c1-16(2,3)21-15(20)17(9-5-4-6-10-17)13-18-11-7-14(19)8-12-18/h4-13H2,1-3H3. The van der Waals surface area contributed by atoms with Gasteiger partial charge in [0, 0.05) is 32.5 Å². The van der Waals surface area contributed by atoms with Gasteiger partial charge in [0.1, 0.15) is 11.4 Å². The molecule has 0 aromatic rings. The van der Waals surface area contributed by atoms with E-state index in [4.69, 9.17) is 4.74 Å². The van der Waals surface area contributed by atoms with Crippen LogP contribution in [0, 0.1) is 5.41 Å². The van der Waals surface area contributed by atoms with E-state index in [1.54, 1.807) is 0 Å². The Labute approximate surface area is 128 Å². The first-order valence-electron chi connectivity index (χ1n) is 8.28. The molecular formula is C17H29NO3. The summed E-state index contributed by atoms with van der Waals surface area (Å²) in [7, 11) is 0. The molecule has 1 aliphatic heterocycles. The maximum atomic E-state index is 12.8. The van der Waals surface area contributed by atoms with Gasteiger partial charge in [0.25, 0.3) is 0 Å². The van der Waals surface area contributed by atoms with Crippen molar-refractivity contribution >= 4 is 11.8 Å². The molecule has 0 aromatic carbocycles.